The predicted octanol–water partition coefficient (Wildman–Crippen LogP) is 1.23. The molecule has 0 amide bonds. The second kappa shape index (κ2) is 4.78. The van der Waals surface area contributed by atoms with E-state index in [9.17, 15) is 0 Å². The zero-order chi connectivity index (χ0) is 12.5. The Balaban J connectivity index is 1.91. The highest BCUT2D eigenvalue weighted by Gasteiger charge is 2.21. The average molecular weight is 247 g/mol. The minimum absolute atomic E-state index is 0.199. The molecule has 1 fully saturated rings. The van der Waals surface area contributed by atoms with Gasteiger partial charge >= 0.3 is 0 Å². The van der Waals surface area contributed by atoms with Gasteiger partial charge in [-0.05, 0) is 17.7 Å². The van der Waals surface area contributed by atoms with Gasteiger partial charge in [0.25, 0.3) is 0 Å². The van der Waals surface area contributed by atoms with Crippen LogP contribution in [0.4, 0.5) is 11.4 Å². The molecule has 1 aromatic rings. The molecule has 4 nitrogen and oxygen atoms in total. The third kappa shape index (κ3) is 2.06. The van der Waals surface area contributed by atoms with Gasteiger partial charge in [-0.15, -0.1) is 0 Å². The molecule has 98 valence electrons. The standard InChI is InChI=1S/C14H21N3O/c1-16-6-7-17(2)13-9-11(3-4-12(13)16)14-10-15-5-8-18-14/h3-4,9,14-15H,5-8,10H2,1-2H3. The molecule has 0 bridgehead atoms. The fourth-order valence-corrected chi connectivity index (χ4v) is 2.69. The lowest BCUT2D eigenvalue weighted by molar-refractivity contribution is 0.0277. The smallest absolute Gasteiger partial charge is 0.0950 e. The number of anilines is 2. The van der Waals surface area contributed by atoms with Crippen molar-refractivity contribution in [2.45, 2.75) is 6.10 Å². The topological polar surface area (TPSA) is 27.7 Å². The number of hydrogen-bond acceptors (Lipinski definition) is 4. The molecular formula is C14H21N3O. The van der Waals surface area contributed by atoms with Crippen molar-refractivity contribution in [1.82, 2.24) is 5.32 Å². The van der Waals surface area contributed by atoms with E-state index in [1.807, 2.05) is 0 Å². The maximum absolute atomic E-state index is 5.82. The number of benzene rings is 1. The lowest BCUT2D eigenvalue weighted by Gasteiger charge is -2.35. The molecule has 0 aliphatic carbocycles. The van der Waals surface area contributed by atoms with Gasteiger partial charge in [-0.1, -0.05) is 6.07 Å². The first-order chi connectivity index (χ1) is 8.75. The molecule has 2 aliphatic rings. The van der Waals surface area contributed by atoms with Crippen molar-refractivity contribution in [3.05, 3.63) is 23.8 Å². The van der Waals surface area contributed by atoms with E-state index in [0.29, 0.717) is 0 Å². The molecule has 0 spiro atoms. The van der Waals surface area contributed by atoms with Gasteiger partial charge in [0.2, 0.25) is 0 Å². The Hall–Kier alpha value is -1.26. The lowest BCUT2D eigenvalue weighted by atomic mass is 10.0. The maximum Gasteiger partial charge on any atom is 0.0950 e. The van der Waals surface area contributed by atoms with E-state index in [1.54, 1.807) is 0 Å². The van der Waals surface area contributed by atoms with Crippen LogP contribution in [0.5, 0.6) is 0 Å². The number of rotatable bonds is 1. The molecule has 4 heteroatoms. The number of ether oxygens (including phenoxy) is 1. The third-order valence-corrected chi connectivity index (χ3v) is 3.89. The summed E-state index contributed by atoms with van der Waals surface area (Å²) in [5.41, 5.74) is 3.91. The van der Waals surface area contributed by atoms with Crippen LogP contribution in [-0.2, 0) is 4.74 Å². The highest BCUT2D eigenvalue weighted by molar-refractivity contribution is 5.73. The van der Waals surface area contributed by atoms with E-state index in [2.05, 4.69) is 47.4 Å². The van der Waals surface area contributed by atoms with Crippen LogP contribution in [0.3, 0.4) is 0 Å². The van der Waals surface area contributed by atoms with Gasteiger partial charge < -0.3 is 19.9 Å². The monoisotopic (exact) mass is 247 g/mol. The summed E-state index contributed by atoms with van der Waals surface area (Å²) in [7, 11) is 4.32. The van der Waals surface area contributed by atoms with E-state index in [-0.39, 0.29) is 6.10 Å². The van der Waals surface area contributed by atoms with Crippen molar-refractivity contribution in [2.24, 2.45) is 0 Å². The largest absolute Gasteiger partial charge is 0.371 e. The van der Waals surface area contributed by atoms with E-state index in [0.717, 1.165) is 32.8 Å². The third-order valence-electron chi connectivity index (χ3n) is 3.89. The Kier molecular flexibility index (Phi) is 3.14. The van der Waals surface area contributed by atoms with E-state index in [4.69, 9.17) is 4.74 Å². The first-order valence-electron chi connectivity index (χ1n) is 6.64. The summed E-state index contributed by atoms with van der Waals surface area (Å²) in [6.07, 6.45) is 0.199. The van der Waals surface area contributed by atoms with Crippen LogP contribution in [0.25, 0.3) is 0 Å². The van der Waals surface area contributed by atoms with Crippen LogP contribution in [0.1, 0.15) is 11.7 Å². The second-order valence-electron chi connectivity index (χ2n) is 5.15. The maximum atomic E-state index is 5.82. The summed E-state index contributed by atoms with van der Waals surface area (Å²) in [6, 6.07) is 6.70. The molecular weight excluding hydrogens is 226 g/mol. The summed E-state index contributed by atoms with van der Waals surface area (Å²) in [4.78, 5) is 4.65. The summed E-state index contributed by atoms with van der Waals surface area (Å²) in [5, 5.41) is 3.38. The fourth-order valence-electron chi connectivity index (χ4n) is 2.69. The highest BCUT2D eigenvalue weighted by atomic mass is 16.5. The van der Waals surface area contributed by atoms with Gasteiger partial charge in [-0.2, -0.15) is 0 Å². The first-order valence-corrected chi connectivity index (χ1v) is 6.64. The first kappa shape index (κ1) is 11.8. The van der Waals surface area contributed by atoms with Crippen molar-refractivity contribution >= 4 is 11.4 Å². The van der Waals surface area contributed by atoms with Crippen LogP contribution < -0.4 is 15.1 Å². The SMILES string of the molecule is CN1CCN(C)c2cc(C3CNCCO3)ccc21. The highest BCUT2D eigenvalue weighted by Crippen LogP contribution is 2.34. The molecule has 2 heterocycles. The average Bonchev–Trinajstić information content (AvgIpc) is 2.44. The van der Waals surface area contributed by atoms with E-state index in [1.165, 1.54) is 16.9 Å². The molecule has 1 aromatic carbocycles. The predicted molar refractivity (Wildman–Crippen MR) is 74.5 cm³/mol. The van der Waals surface area contributed by atoms with Gasteiger partial charge in [0, 0.05) is 40.3 Å². The summed E-state index contributed by atoms with van der Waals surface area (Å²) in [5.74, 6) is 0. The quantitative estimate of drug-likeness (QED) is 0.808. The van der Waals surface area contributed by atoms with Gasteiger partial charge in [-0.25, -0.2) is 0 Å². The molecule has 3 rings (SSSR count). The molecule has 1 unspecified atom stereocenters. The molecule has 0 radical (unpaired) electrons. The minimum Gasteiger partial charge on any atom is -0.371 e. The molecule has 2 aliphatic heterocycles. The van der Waals surface area contributed by atoms with Crippen LogP contribution in [-0.4, -0.2) is 46.9 Å². The number of nitrogens with one attached hydrogen (secondary N) is 1. The van der Waals surface area contributed by atoms with Crippen LogP contribution >= 0.6 is 0 Å². The normalized spacial score (nSPS) is 24.0. The van der Waals surface area contributed by atoms with Crippen molar-refractivity contribution in [3.8, 4) is 0 Å². The fraction of sp³-hybridized carbons (Fsp3) is 0.571. The van der Waals surface area contributed by atoms with Crippen molar-refractivity contribution in [3.63, 3.8) is 0 Å². The summed E-state index contributed by atoms with van der Waals surface area (Å²) >= 11 is 0. The Bertz CT molecular complexity index is 429. The van der Waals surface area contributed by atoms with Crippen LogP contribution in [0.15, 0.2) is 18.2 Å². The van der Waals surface area contributed by atoms with Gasteiger partial charge in [0.15, 0.2) is 0 Å². The van der Waals surface area contributed by atoms with E-state index < -0.39 is 0 Å². The molecule has 1 atom stereocenters. The van der Waals surface area contributed by atoms with Crippen molar-refractivity contribution in [1.29, 1.82) is 0 Å². The molecule has 0 aromatic heterocycles. The number of hydrogen-bond donors (Lipinski definition) is 1. The Morgan fingerprint density at radius 1 is 1.17 bits per heavy atom. The van der Waals surface area contributed by atoms with Crippen LogP contribution in [0, 0.1) is 0 Å². The van der Waals surface area contributed by atoms with Gasteiger partial charge in [0.05, 0.1) is 24.1 Å². The van der Waals surface area contributed by atoms with Crippen molar-refractivity contribution < 1.29 is 4.74 Å². The van der Waals surface area contributed by atoms with E-state index >= 15 is 0 Å². The lowest BCUT2D eigenvalue weighted by Crippen LogP contribution is -2.37. The summed E-state index contributed by atoms with van der Waals surface area (Å²) < 4.78 is 5.82. The van der Waals surface area contributed by atoms with Gasteiger partial charge in [0.1, 0.15) is 0 Å². The number of likely N-dealkylation sites (N-methyl/N-ethyl adjacent to an activating group) is 2. The number of nitrogens with zero attached hydrogens (tertiary/aromatic N) is 2. The zero-order valence-corrected chi connectivity index (χ0v) is 11.1. The molecule has 1 saturated heterocycles. The molecule has 0 saturated carbocycles. The van der Waals surface area contributed by atoms with Gasteiger partial charge in [-0.3, -0.25) is 0 Å². The Morgan fingerprint density at radius 3 is 2.67 bits per heavy atom. The summed E-state index contributed by atoms with van der Waals surface area (Å²) in [6.45, 7) is 4.85. The second-order valence-corrected chi connectivity index (χ2v) is 5.15. The zero-order valence-electron chi connectivity index (χ0n) is 11.1. The number of morpholine rings is 1. The van der Waals surface area contributed by atoms with Crippen molar-refractivity contribution in [2.75, 3.05) is 56.7 Å². The Morgan fingerprint density at radius 2 is 1.94 bits per heavy atom. The Labute approximate surface area is 109 Å². The van der Waals surface area contributed by atoms with Crippen LogP contribution in [0.2, 0.25) is 0 Å². The molecule has 1 N–H and O–H groups in total. The molecule has 18 heavy (non-hydrogen) atoms. The number of fused-ring (bicyclic) bond motifs is 1. The minimum atomic E-state index is 0.199.